The first kappa shape index (κ1) is 39.5. The van der Waals surface area contributed by atoms with Crippen molar-refractivity contribution in [3.05, 3.63) is 237 Å². The van der Waals surface area contributed by atoms with E-state index < -0.39 is 6.71 Å². The molecule has 0 bridgehead atoms. The van der Waals surface area contributed by atoms with Crippen molar-refractivity contribution in [2.24, 2.45) is 0 Å². The van der Waals surface area contributed by atoms with E-state index in [1.165, 1.54) is 0 Å². The first-order valence-electron chi connectivity index (χ1n) is 20.7. The van der Waals surface area contributed by atoms with Crippen LogP contribution in [0, 0.1) is 12.1 Å². The average Bonchev–Trinajstić information content (AvgIpc) is 3.90. The minimum Gasteiger partial charge on any atom is -0.319 e. The number of aromatic nitrogens is 5. The second kappa shape index (κ2) is 17.4. The molecule has 4 heterocycles. The van der Waals surface area contributed by atoms with E-state index in [0.717, 1.165) is 89.4 Å². The number of hydrogen-bond donors (Lipinski definition) is 0. The zero-order chi connectivity index (χ0) is 41.2. The van der Waals surface area contributed by atoms with E-state index in [9.17, 15) is 0 Å². The van der Waals surface area contributed by atoms with Crippen LogP contribution in [0.3, 0.4) is 0 Å². The van der Waals surface area contributed by atoms with Crippen molar-refractivity contribution in [3.8, 4) is 34.0 Å². The van der Waals surface area contributed by atoms with Gasteiger partial charge >= 0.3 is 21.1 Å². The molecule has 11 aromatic rings. The Kier molecular flexibility index (Phi) is 10.9. The molecule has 0 spiro atoms. The van der Waals surface area contributed by atoms with Gasteiger partial charge in [-0.3, -0.25) is 0 Å². The van der Waals surface area contributed by atoms with Gasteiger partial charge in [-0.15, -0.1) is 11.5 Å². The van der Waals surface area contributed by atoms with Crippen molar-refractivity contribution >= 4 is 62.1 Å². The van der Waals surface area contributed by atoms with Gasteiger partial charge in [0.2, 0.25) is 0 Å². The Morgan fingerprint density at radius 2 is 1.13 bits per heavy atom. The second-order valence-electron chi connectivity index (χ2n) is 15.1. The fourth-order valence-electron chi connectivity index (χ4n) is 8.65. The Hall–Kier alpha value is -7.60. The molecular formula is C55H37BN6Pt. The topological polar surface area (TPSA) is 51.8 Å². The Morgan fingerprint density at radius 3 is 1.84 bits per heavy atom. The third kappa shape index (κ3) is 7.37. The molecule has 0 aliphatic carbocycles. The van der Waals surface area contributed by atoms with Crippen molar-refractivity contribution in [1.82, 2.24) is 24.3 Å². The molecule has 0 aliphatic heterocycles. The van der Waals surface area contributed by atoms with Gasteiger partial charge in [0, 0.05) is 29.2 Å². The van der Waals surface area contributed by atoms with E-state index in [0.29, 0.717) is 0 Å². The van der Waals surface area contributed by atoms with Crippen LogP contribution in [0.25, 0.3) is 55.8 Å². The predicted octanol–water partition coefficient (Wildman–Crippen LogP) is 10.7. The van der Waals surface area contributed by atoms with Crippen molar-refractivity contribution in [2.45, 2.75) is 0 Å². The van der Waals surface area contributed by atoms with Gasteiger partial charge in [0.05, 0.1) is 17.1 Å². The summed E-state index contributed by atoms with van der Waals surface area (Å²) in [6, 6.07) is 81.4. The van der Waals surface area contributed by atoms with Crippen molar-refractivity contribution in [3.63, 3.8) is 0 Å². The molecule has 0 N–H and O–H groups in total. The molecule has 0 saturated carbocycles. The average molecular weight is 988 g/mol. The molecule has 0 saturated heterocycles. The van der Waals surface area contributed by atoms with Crippen LogP contribution in [0.15, 0.2) is 225 Å². The van der Waals surface area contributed by atoms with Crippen LogP contribution >= 0.6 is 0 Å². The van der Waals surface area contributed by atoms with Crippen molar-refractivity contribution in [2.75, 3.05) is 4.90 Å². The fraction of sp³-hybridized carbons (Fsp3) is 0. The smallest absolute Gasteiger partial charge is 0.319 e. The normalized spacial score (nSPS) is 11.0. The molecule has 8 heteroatoms. The number of anilines is 3. The molecule has 11 rings (SSSR count). The summed E-state index contributed by atoms with van der Waals surface area (Å²) in [5, 5.41) is 7.81. The molecule has 6 nitrogen and oxygen atoms in total. The quantitative estimate of drug-likeness (QED) is 0.101. The number of para-hydroxylation sites is 3. The van der Waals surface area contributed by atoms with Crippen LogP contribution in [0.4, 0.5) is 17.2 Å². The number of rotatable bonds is 10. The molecule has 0 amide bonds. The molecule has 63 heavy (non-hydrogen) atoms. The number of pyridine rings is 2. The maximum Gasteiger partial charge on any atom is 2.00 e. The van der Waals surface area contributed by atoms with Crippen LogP contribution in [0.5, 0.6) is 0 Å². The van der Waals surface area contributed by atoms with Gasteiger partial charge in [-0.1, -0.05) is 139 Å². The molecule has 300 valence electrons. The van der Waals surface area contributed by atoms with Gasteiger partial charge in [0.15, 0.2) is 6.71 Å². The summed E-state index contributed by atoms with van der Waals surface area (Å²) in [7, 11) is 0. The Balaban J connectivity index is 0.00000471. The Morgan fingerprint density at radius 1 is 0.492 bits per heavy atom. The number of fused-ring (bicyclic) bond motifs is 3. The zero-order valence-corrected chi connectivity index (χ0v) is 36.2. The maximum absolute atomic E-state index is 5.57. The molecule has 4 aromatic heterocycles. The minimum atomic E-state index is -0.404. The summed E-state index contributed by atoms with van der Waals surface area (Å²) < 4.78 is 4.34. The van der Waals surface area contributed by atoms with Crippen LogP contribution in [0.2, 0.25) is 0 Å². The van der Waals surface area contributed by atoms with Gasteiger partial charge in [0.1, 0.15) is 11.6 Å². The third-order valence-electron chi connectivity index (χ3n) is 11.3. The van der Waals surface area contributed by atoms with E-state index in [1.807, 2.05) is 54.9 Å². The molecule has 0 unspecified atom stereocenters. The zero-order valence-electron chi connectivity index (χ0n) is 33.9. The standard InChI is InChI=1S/C55H37BN6.Pt/c1-5-20-40(21-6-1)54-53(55(41-22-7-2-8-23-41)62(59-54)45-27-11-4-12-28-45)56(42-24-19-29-46(38-42)60(44-25-9-3-10-26-44)51-32-15-17-36-57-51)43-34-35-48-47-30-13-14-31-49(47)61(50(48)39-43)52-33-16-18-37-58-52;/h1-37H;/q-2;+2. The number of hydrogen-bond acceptors (Lipinski definition) is 4. The first-order chi connectivity index (χ1) is 30.8. The molecular weight excluding hydrogens is 951 g/mol. The number of nitrogens with zero attached hydrogens (tertiary/aromatic N) is 6. The van der Waals surface area contributed by atoms with Crippen LogP contribution in [-0.2, 0) is 21.1 Å². The summed E-state index contributed by atoms with van der Waals surface area (Å²) in [4.78, 5) is 11.9. The van der Waals surface area contributed by atoms with Gasteiger partial charge in [-0.25, -0.2) is 14.6 Å². The molecule has 0 radical (unpaired) electrons. The Labute approximate surface area is 381 Å². The fourth-order valence-corrected chi connectivity index (χ4v) is 8.65. The number of benzene rings is 7. The van der Waals surface area contributed by atoms with Gasteiger partial charge in [0.25, 0.3) is 0 Å². The van der Waals surface area contributed by atoms with E-state index in [4.69, 9.17) is 15.1 Å². The van der Waals surface area contributed by atoms with Crippen LogP contribution < -0.4 is 21.3 Å². The molecule has 0 fully saturated rings. The van der Waals surface area contributed by atoms with Gasteiger partial charge in [-0.2, -0.15) is 52.4 Å². The van der Waals surface area contributed by atoms with E-state index >= 15 is 0 Å². The largest absolute Gasteiger partial charge is 2.00 e. The molecule has 0 atom stereocenters. The van der Waals surface area contributed by atoms with E-state index in [1.54, 1.807) is 0 Å². The van der Waals surface area contributed by atoms with Gasteiger partial charge < -0.3 is 9.47 Å². The van der Waals surface area contributed by atoms with Crippen LogP contribution in [-0.4, -0.2) is 31.0 Å². The van der Waals surface area contributed by atoms with Crippen molar-refractivity contribution in [1.29, 1.82) is 0 Å². The van der Waals surface area contributed by atoms with E-state index in [2.05, 4.69) is 196 Å². The molecule has 7 aromatic carbocycles. The van der Waals surface area contributed by atoms with Gasteiger partial charge in [-0.05, 0) is 71.0 Å². The predicted molar refractivity (Wildman–Crippen MR) is 254 cm³/mol. The minimum absolute atomic E-state index is 0. The second-order valence-corrected chi connectivity index (χ2v) is 15.1. The Bertz CT molecular complexity index is 3250. The van der Waals surface area contributed by atoms with E-state index in [-0.39, 0.29) is 21.1 Å². The third-order valence-corrected chi connectivity index (χ3v) is 11.3. The maximum atomic E-state index is 5.57. The summed E-state index contributed by atoms with van der Waals surface area (Å²) in [5.41, 5.74) is 11.7. The SMILES string of the molecule is [Pt+2].[c-]1c(B(c2[c-]c3c(cc2)c2ccccc2n3-c2ccccn2)c2c(-c3ccccc3)nn(-c3ccccc3)c2-c2ccccc2)cccc1N(c1ccccc1)c1ccccn1. The summed E-state index contributed by atoms with van der Waals surface area (Å²) in [5.74, 6) is 1.63. The summed E-state index contributed by atoms with van der Waals surface area (Å²) in [6.07, 6.45) is 3.68. The monoisotopic (exact) mass is 987 g/mol. The molecule has 0 aliphatic rings. The summed E-state index contributed by atoms with van der Waals surface area (Å²) in [6.45, 7) is -0.404. The van der Waals surface area contributed by atoms with Crippen LogP contribution in [0.1, 0.15) is 0 Å². The first-order valence-corrected chi connectivity index (χ1v) is 20.7. The van der Waals surface area contributed by atoms with Crippen molar-refractivity contribution < 1.29 is 21.1 Å². The summed E-state index contributed by atoms with van der Waals surface area (Å²) >= 11 is 0.